The fraction of sp³-hybridized carbons (Fsp3) is 0.571. The van der Waals surface area contributed by atoms with Crippen LogP contribution in [0.1, 0.15) is 68.4 Å². The SMILES string of the molecule is CCC1(N(C(=O)O)[C@@H]2CC[C@H](c3cc(NC(=O)Cc4cnc(C)cn4)n[nH]3)C2)CC1. The highest BCUT2D eigenvalue weighted by molar-refractivity contribution is 5.91. The van der Waals surface area contributed by atoms with Crippen molar-refractivity contribution in [3.05, 3.63) is 35.5 Å². The van der Waals surface area contributed by atoms with Crippen LogP contribution in [0.25, 0.3) is 0 Å². The zero-order chi connectivity index (χ0) is 21.3. The van der Waals surface area contributed by atoms with Crippen molar-refractivity contribution in [2.75, 3.05) is 5.32 Å². The van der Waals surface area contributed by atoms with Crippen molar-refractivity contribution in [2.24, 2.45) is 0 Å². The van der Waals surface area contributed by atoms with E-state index in [0.29, 0.717) is 11.5 Å². The number of rotatable bonds is 7. The number of carbonyl (C=O) groups excluding carboxylic acids is 1. The van der Waals surface area contributed by atoms with Gasteiger partial charge in [0.15, 0.2) is 5.82 Å². The molecule has 0 saturated heterocycles. The number of carboxylic acid groups (broad SMARTS) is 1. The smallest absolute Gasteiger partial charge is 0.408 e. The molecule has 0 bridgehead atoms. The van der Waals surface area contributed by atoms with Crippen molar-refractivity contribution in [1.82, 2.24) is 25.1 Å². The summed E-state index contributed by atoms with van der Waals surface area (Å²) in [5, 5.41) is 19.8. The third-order valence-electron chi connectivity index (χ3n) is 6.45. The number of nitrogens with zero attached hydrogens (tertiary/aromatic N) is 4. The number of carbonyl (C=O) groups is 2. The van der Waals surface area contributed by atoms with Gasteiger partial charge < -0.3 is 10.4 Å². The molecule has 160 valence electrons. The van der Waals surface area contributed by atoms with Crippen LogP contribution in [0.15, 0.2) is 18.5 Å². The fourth-order valence-electron chi connectivity index (χ4n) is 4.60. The molecule has 9 nitrogen and oxygen atoms in total. The summed E-state index contributed by atoms with van der Waals surface area (Å²) in [5.74, 6) is 0.484. The zero-order valence-corrected chi connectivity index (χ0v) is 17.4. The van der Waals surface area contributed by atoms with Gasteiger partial charge in [-0.25, -0.2) is 4.79 Å². The lowest BCUT2D eigenvalue weighted by atomic mass is 10.0. The van der Waals surface area contributed by atoms with Gasteiger partial charge in [-0.1, -0.05) is 6.92 Å². The van der Waals surface area contributed by atoms with E-state index in [0.717, 1.165) is 49.9 Å². The van der Waals surface area contributed by atoms with Gasteiger partial charge in [0.1, 0.15) is 0 Å². The van der Waals surface area contributed by atoms with Gasteiger partial charge in [-0.05, 0) is 45.4 Å². The van der Waals surface area contributed by atoms with Crippen LogP contribution < -0.4 is 5.32 Å². The molecule has 2 fully saturated rings. The summed E-state index contributed by atoms with van der Waals surface area (Å²) in [7, 11) is 0. The van der Waals surface area contributed by atoms with Gasteiger partial charge in [-0.3, -0.25) is 24.8 Å². The van der Waals surface area contributed by atoms with Crippen molar-refractivity contribution in [3.63, 3.8) is 0 Å². The van der Waals surface area contributed by atoms with Crippen LogP contribution in [0.5, 0.6) is 0 Å². The third-order valence-corrected chi connectivity index (χ3v) is 6.45. The Balaban J connectivity index is 1.35. The standard InChI is InChI=1S/C21H28N6O3/c1-3-21(6-7-21)27(20(29)30)16-5-4-14(8-16)17-10-18(26-25-17)24-19(28)9-15-12-22-13(2)11-23-15/h10-12,14,16H,3-9H2,1-2H3,(H,29,30)(H2,24,25,26,28)/t14-,16+/m0/s1. The Morgan fingerprint density at radius 1 is 1.30 bits per heavy atom. The van der Waals surface area contributed by atoms with E-state index in [1.165, 1.54) is 0 Å². The Bertz CT molecular complexity index is 921. The molecule has 2 amide bonds. The molecule has 2 aromatic rings. The molecule has 2 saturated carbocycles. The Hall–Kier alpha value is -2.97. The maximum absolute atomic E-state index is 12.3. The molecule has 2 aliphatic carbocycles. The molecule has 2 aliphatic rings. The molecular weight excluding hydrogens is 384 g/mol. The van der Waals surface area contributed by atoms with Crippen LogP contribution in [-0.4, -0.2) is 53.8 Å². The van der Waals surface area contributed by atoms with Crippen LogP contribution in [0, 0.1) is 6.92 Å². The molecule has 0 aliphatic heterocycles. The first kappa shape index (κ1) is 20.3. The number of nitrogens with one attached hydrogen (secondary N) is 2. The summed E-state index contributed by atoms with van der Waals surface area (Å²) in [6.45, 7) is 3.92. The number of anilines is 1. The lowest BCUT2D eigenvalue weighted by molar-refractivity contribution is -0.115. The number of aromatic amines is 1. The molecule has 2 heterocycles. The van der Waals surface area contributed by atoms with Gasteiger partial charge in [0.2, 0.25) is 5.91 Å². The van der Waals surface area contributed by atoms with E-state index in [4.69, 9.17) is 0 Å². The number of aryl methyl sites for hydroxylation is 1. The minimum absolute atomic E-state index is 0.0383. The lowest BCUT2D eigenvalue weighted by Crippen LogP contribution is -2.47. The van der Waals surface area contributed by atoms with Gasteiger partial charge in [-0.15, -0.1) is 0 Å². The minimum Gasteiger partial charge on any atom is -0.465 e. The highest BCUT2D eigenvalue weighted by atomic mass is 16.4. The monoisotopic (exact) mass is 412 g/mol. The second-order valence-corrected chi connectivity index (χ2v) is 8.48. The van der Waals surface area contributed by atoms with E-state index in [9.17, 15) is 14.7 Å². The average Bonchev–Trinajstić information content (AvgIpc) is 3.10. The summed E-state index contributed by atoms with van der Waals surface area (Å²) >= 11 is 0. The normalized spacial score (nSPS) is 21.9. The van der Waals surface area contributed by atoms with Crippen molar-refractivity contribution in [1.29, 1.82) is 0 Å². The highest BCUT2D eigenvalue weighted by Gasteiger charge is 2.52. The van der Waals surface area contributed by atoms with Crippen LogP contribution in [-0.2, 0) is 11.2 Å². The Morgan fingerprint density at radius 2 is 2.10 bits per heavy atom. The third kappa shape index (κ3) is 4.15. The van der Waals surface area contributed by atoms with Crippen molar-refractivity contribution >= 4 is 17.8 Å². The van der Waals surface area contributed by atoms with Crippen LogP contribution in [0.2, 0.25) is 0 Å². The highest BCUT2D eigenvalue weighted by Crippen LogP contribution is 2.49. The second kappa shape index (κ2) is 8.04. The molecule has 9 heteroatoms. The number of amides is 2. The van der Waals surface area contributed by atoms with Crippen molar-refractivity contribution < 1.29 is 14.7 Å². The van der Waals surface area contributed by atoms with Gasteiger partial charge >= 0.3 is 6.09 Å². The second-order valence-electron chi connectivity index (χ2n) is 8.48. The number of aromatic nitrogens is 4. The first-order valence-corrected chi connectivity index (χ1v) is 10.5. The summed E-state index contributed by atoms with van der Waals surface area (Å²) in [6.07, 6.45) is 7.88. The van der Waals surface area contributed by atoms with Gasteiger partial charge in [0, 0.05) is 41.7 Å². The zero-order valence-electron chi connectivity index (χ0n) is 17.4. The number of H-pyrrole nitrogens is 1. The topological polar surface area (TPSA) is 124 Å². The van der Waals surface area contributed by atoms with Crippen molar-refractivity contribution in [3.8, 4) is 0 Å². The molecule has 4 rings (SSSR count). The van der Waals surface area contributed by atoms with E-state index in [1.54, 1.807) is 17.3 Å². The van der Waals surface area contributed by atoms with Crippen LogP contribution >= 0.6 is 0 Å². The Labute approximate surface area is 175 Å². The van der Waals surface area contributed by atoms with E-state index in [1.807, 2.05) is 13.0 Å². The lowest BCUT2D eigenvalue weighted by Gasteiger charge is -2.34. The largest absolute Gasteiger partial charge is 0.465 e. The predicted molar refractivity (Wildman–Crippen MR) is 110 cm³/mol. The maximum atomic E-state index is 12.3. The van der Waals surface area contributed by atoms with Gasteiger partial charge in [-0.2, -0.15) is 5.10 Å². The maximum Gasteiger partial charge on any atom is 0.408 e. The van der Waals surface area contributed by atoms with Crippen LogP contribution in [0.3, 0.4) is 0 Å². The predicted octanol–water partition coefficient (Wildman–Crippen LogP) is 3.25. The Morgan fingerprint density at radius 3 is 2.73 bits per heavy atom. The van der Waals surface area contributed by atoms with E-state index >= 15 is 0 Å². The van der Waals surface area contributed by atoms with Crippen LogP contribution in [0.4, 0.5) is 10.6 Å². The number of hydrogen-bond donors (Lipinski definition) is 3. The summed E-state index contributed by atoms with van der Waals surface area (Å²) in [5.41, 5.74) is 2.19. The quantitative estimate of drug-likeness (QED) is 0.641. The fourth-order valence-corrected chi connectivity index (χ4v) is 4.60. The molecule has 0 aromatic carbocycles. The molecule has 3 N–H and O–H groups in total. The minimum atomic E-state index is -0.809. The molecular formula is C21H28N6O3. The average molecular weight is 412 g/mol. The van der Waals surface area contributed by atoms with Gasteiger partial charge in [0.25, 0.3) is 0 Å². The van der Waals surface area contributed by atoms with E-state index in [2.05, 4.69) is 32.4 Å². The molecule has 0 spiro atoms. The summed E-state index contributed by atoms with van der Waals surface area (Å²) < 4.78 is 0. The molecule has 0 unspecified atom stereocenters. The molecule has 2 aromatic heterocycles. The van der Waals surface area contributed by atoms with E-state index in [-0.39, 0.29) is 29.8 Å². The van der Waals surface area contributed by atoms with Gasteiger partial charge in [0.05, 0.1) is 17.8 Å². The first-order chi connectivity index (χ1) is 14.4. The Kier molecular flexibility index (Phi) is 5.44. The summed E-state index contributed by atoms with van der Waals surface area (Å²) in [4.78, 5) is 34.2. The van der Waals surface area contributed by atoms with E-state index < -0.39 is 6.09 Å². The molecule has 2 atom stereocenters. The van der Waals surface area contributed by atoms with Crippen molar-refractivity contribution in [2.45, 2.75) is 76.3 Å². The molecule has 0 radical (unpaired) electrons. The summed E-state index contributed by atoms with van der Waals surface area (Å²) in [6, 6.07) is 1.89. The first-order valence-electron chi connectivity index (χ1n) is 10.5. The number of hydrogen-bond acceptors (Lipinski definition) is 5. The molecule has 30 heavy (non-hydrogen) atoms.